The van der Waals surface area contributed by atoms with E-state index in [4.69, 9.17) is 0 Å². The van der Waals surface area contributed by atoms with Crippen LogP contribution in [-0.2, 0) is 3.55 Å². The summed E-state index contributed by atoms with van der Waals surface area (Å²) in [5.74, 6) is 0. The molecule has 1 rings (SSSR count). The van der Waals surface area contributed by atoms with Crippen LogP contribution in [0.1, 0.15) is 26.7 Å². The maximum absolute atomic E-state index is 2.38. The third-order valence-electron chi connectivity index (χ3n) is 2.37. The molecule has 0 aliphatic rings. The van der Waals surface area contributed by atoms with Crippen molar-refractivity contribution < 1.29 is 25.8 Å². The summed E-state index contributed by atoms with van der Waals surface area (Å²) >= 11 is 0.236. The first-order chi connectivity index (χ1) is 6.23. The van der Waals surface area contributed by atoms with Crippen molar-refractivity contribution in [3.8, 4) is 0 Å². The fourth-order valence-electron chi connectivity index (χ4n) is 1.49. The van der Waals surface area contributed by atoms with Gasteiger partial charge in [0, 0.05) is 0 Å². The van der Waals surface area contributed by atoms with Crippen LogP contribution in [0.3, 0.4) is 0 Å². The average molecular weight is 291 g/mol. The Hall–Kier alpha value is -0.120. The number of pyridine rings is 1. The van der Waals surface area contributed by atoms with Crippen LogP contribution in [0.15, 0.2) is 30.6 Å². The van der Waals surface area contributed by atoms with Crippen LogP contribution in [0, 0.1) is 0 Å². The van der Waals surface area contributed by atoms with Crippen LogP contribution in [0.4, 0.5) is 0 Å². The van der Waals surface area contributed by atoms with E-state index in [1.54, 1.807) is 0 Å². The molecular formula is C11H18IN. The Labute approximate surface area is 91.4 Å². The molecule has 74 valence electrons. The molecule has 1 atom stereocenters. The topological polar surface area (TPSA) is 3.88 Å². The van der Waals surface area contributed by atoms with Gasteiger partial charge in [0.15, 0.2) is 0 Å². The molecule has 0 saturated heterocycles. The van der Waals surface area contributed by atoms with Crippen molar-refractivity contribution in [1.82, 2.24) is 0 Å². The zero-order chi connectivity index (χ0) is 9.73. The van der Waals surface area contributed by atoms with Crippen molar-refractivity contribution >= 4 is 0 Å². The number of alkyl halides is 2. The van der Waals surface area contributed by atoms with Crippen molar-refractivity contribution in [1.29, 1.82) is 0 Å². The van der Waals surface area contributed by atoms with E-state index in [0.717, 1.165) is 0 Å². The summed E-state index contributed by atoms with van der Waals surface area (Å²) in [6.07, 6.45) is 6.95. The van der Waals surface area contributed by atoms with Gasteiger partial charge in [-0.15, -0.1) is 0 Å². The molecule has 13 heavy (non-hydrogen) atoms. The Kier molecular flexibility index (Phi) is 4.16. The van der Waals surface area contributed by atoms with E-state index in [0.29, 0.717) is 3.55 Å². The van der Waals surface area contributed by atoms with Crippen LogP contribution in [0.5, 0.6) is 0 Å². The molecular weight excluding hydrogens is 273 g/mol. The molecule has 0 aliphatic heterocycles. The van der Waals surface area contributed by atoms with Crippen LogP contribution in [-0.4, -0.2) is 4.93 Å². The van der Waals surface area contributed by atoms with Gasteiger partial charge in [0.05, 0.1) is 0 Å². The first-order valence-corrected chi connectivity index (χ1v) is 7.94. The summed E-state index contributed by atoms with van der Waals surface area (Å²) in [6, 6.07) is 6.32. The van der Waals surface area contributed by atoms with E-state index in [2.05, 4.69) is 53.9 Å². The van der Waals surface area contributed by atoms with E-state index in [-0.39, 0.29) is 21.2 Å². The molecule has 1 aromatic rings. The zero-order valence-corrected chi connectivity index (χ0v) is 10.8. The molecule has 1 nitrogen and oxygen atoms in total. The Balaban J connectivity index is 2.89. The molecule has 0 radical (unpaired) electrons. The van der Waals surface area contributed by atoms with E-state index < -0.39 is 0 Å². The Morgan fingerprint density at radius 1 is 1.23 bits per heavy atom. The number of aromatic nitrogens is 1. The molecule has 2 heteroatoms. The number of hydrogen-bond acceptors (Lipinski definition) is 0. The number of nitrogens with zero attached hydrogens (tertiary/aromatic N) is 1. The van der Waals surface area contributed by atoms with Gasteiger partial charge in [-0.2, -0.15) is 0 Å². The quantitative estimate of drug-likeness (QED) is 0.387. The standard InChI is InChI=1S/C11H18IN/c1-4-8-11(2,12-3)13-9-6-5-7-10-13/h5-7,9-10H,4,8H2,1-3H3/t11-/m0/s1. The maximum atomic E-state index is 2.38. The predicted molar refractivity (Wildman–Crippen MR) is 51.1 cm³/mol. The van der Waals surface area contributed by atoms with Crippen LogP contribution < -0.4 is 25.8 Å². The molecule has 0 unspecified atom stereocenters. The number of rotatable bonds is 4. The van der Waals surface area contributed by atoms with Crippen molar-refractivity contribution in [3.63, 3.8) is 0 Å². The van der Waals surface area contributed by atoms with Crippen molar-refractivity contribution in [3.05, 3.63) is 30.6 Å². The minimum absolute atomic E-state index is 0.236. The van der Waals surface area contributed by atoms with E-state index in [1.807, 2.05) is 0 Å². The SMILES string of the molecule is CCC[C@@](C)([I-]C)[n+]1ccccc1. The van der Waals surface area contributed by atoms with E-state index in [1.165, 1.54) is 12.8 Å². The van der Waals surface area contributed by atoms with Gasteiger partial charge in [-0.3, -0.25) is 0 Å². The Morgan fingerprint density at radius 3 is 2.31 bits per heavy atom. The minimum atomic E-state index is 0.236. The van der Waals surface area contributed by atoms with Crippen LogP contribution >= 0.6 is 0 Å². The van der Waals surface area contributed by atoms with Gasteiger partial charge in [-0.05, 0) is 0 Å². The Morgan fingerprint density at radius 2 is 1.85 bits per heavy atom. The second-order valence-corrected chi connectivity index (χ2v) is 6.77. The third-order valence-corrected chi connectivity index (χ3v) is 5.79. The summed E-state index contributed by atoms with van der Waals surface area (Å²) in [6.45, 7) is 4.64. The molecule has 0 aromatic carbocycles. The molecule has 0 N–H and O–H groups in total. The zero-order valence-electron chi connectivity index (χ0n) is 8.63. The van der Waals surface area contributed by atoms with Gasteiger partial charge < -0.3 is 0 Å². The third kappa shape index (κ3) is 2.66. The van der Waals surface area contributed by atoms with E-state index >= 15 is 0 Å². The molecule has 0 bridgehead atoms. The second-order valence-electron chi connectivity index (χ2n) is 3.36. The van der Waals surface area contributed by atoms with Gasteiger partial charge in [0.25, 0.3) is 0 Å². The summed E-state index contributed by atoms with van der Waals surface area (Å²) in [4.78, 5) is 2.37. The summed E-state index contributed by atoms with van der Waals surface area (Å²) in [5, 5.41) is 0. The molecule has 0 fully saturated rings. The van der Waals surface area contributed by atoms with Crippen molar-refractivity contribution in [2.45, 2.75) is 30.2 Å². The van der Waals surface area contributed by atoms with Gasteiger partial charge in [-0.1, -0.05) is 0 Å². The number of halogens is 1. The summed E-state index contributed by atoms with van der Waals surface area (Å²) < 4.78 is 2.79. The van der Waals surface area contributed by atoms with Gasteiger partial charge >= 0.3 is 91.5 Å². The summed E-state index contributed by atoms with van der Waals surface area (Å²) in [5.41, 5.74) is 0. The van der Waals surface area contributed by atoms with Crippen LogP contribution in [0.2, 0.25) is 0 Å². The van der Waals surface area contributed by atoms with Crippen molar-refractivity contribution in [2.75, 3.05) is 4.93 Å². The fraction of sp³-hybridized carbons (Fsp3) is 0.545. The predicted octanol–water partition coefficient (Wildman–Crippen LogP) is -0.834. The van der Waals surface area contributed by atoms with Gasteiger partial charge in [0.2, 0.25) is 0 Å². The molecule has 0 spiro atoms. The monoisotopic (exact) mass is 291 g/mol. The molecule has 1 aromatic heterocycles. The second kappa shape index (κ2) is 4.94. The molecule has 1 heterocycles. The first kappa shape index (κ1) is 11.0. The Bertz CT molecular complexity index is 248. The van der Waals surface area contributed by atoms with E-state index in [9.17, 15) is 0 Å². The summed E-state index contributed by atoms with van der Waals surface area (Å²) in [7, 11) is 0. The van der Waals surface area contributed by atoms with Gasteiger partial charge in [-0.25, -0.2) is 0 Å². The van der Waals surface area contributed by atoms with Gasteiger partial charge in [0.1, 0.15) is 0 Å². The first-order valence-electron chi connectivity index (χ1n) is 4.70. The fourth-order valence-corrected chi connectivity index (χ4v) is 3.44. The van der Waals surface area contributed by atoms with Crippen LogP contribution in [0.25, 0.3) is 0 Å². The molecule has 0 aliphatic carbocycles. The average Bonchev–Trinajstić information content (AvgIpc) is 2.19. The normalized spacial score (nSPS) is 15.6. The van der Waals surface area contributed by atoms with Crippen molar-refractivity contribution in [2.24, 2.45) is 0 Å². The molecule has 0 saturated carbocycles. The molecule has 0 amide bonds. The number of hydrogen-bond donors (Lipinski definition) is 0.